The average molecular weight is 436 g/mol. The molecule has 6 heteroatoms. The lowest BCUT2D eigenvalue weighted by Crippen LogP contribution is -2.45. The van der Waals surface area contributed by atoms with Gasteiger partial charge in [-0.2, -0.15) is 0 Å². The number of benzene rings is 1. The van der Waals surface area contributed by atoms with Crippen molar-refractivity contribution >= 4 is 27.0 Å². The third-order valence-corrected chi connectivity index (χ3v) is 6.75. The van der Waals surface area contributed by atoms with E-state index in [-0.39, 0.29) is 5.69 Å². The molecule has 27 heavy (non-hydrogen) atoms. The fourth-order valence-electron chi connectivity index (χ4n) is 4.83. The first-order chi connectivity index (χ1) is 13.2. The number of aromatic amines is 1. The molecular weight excluding hydrogens is 406 g/mol. The predicted molar refractivity (Wildman–Crippen MR) is 112 cm³/mol. The maximum absolute atomic E-state index is 12.5. The Morgan fingerprint density at radius 2 is 1.85 bits per heavy atom. The van der Waals surface area contributed by atoms with Gasteiger partial charge >= 0.3 is 5.69 Å². The Balaban J connectivity index is 1.37. The van der Waals surface area contributed by atoms with Gasteiger partial charge in [0.05, 0.1) is 17.1 Å². The second-order valence-corrected chi connectivity index (χ2v) is 8.95. The molecule has 1 saturated heterocycles. The first kappa shape index (κ1) is 19.2. The summed E-state index contributed by atoms with van der Waals surface area (Å²) < 4.78 is 8.93. The van der Waals surface area contributed by atoms with Crippen molar-refractivity contribution in [2.45, 2.75) is 70.1 Å². The molecule has 0 bridgehead atoms. The molecule has 148 valence electrons. The van der Waals surface area contributed by atoms with E-state index in [4.69, 9.17) is 4.74 Å². The number of hydrogen-bond acceptors (Lipinski definition) is 3. The van der Waals surface area contributed by atoms with E-state index in [2.05, 4.69) is 38.8 Å². The van der Waals surface area contributed by atoms with Crippen LogP contribution in [0.15, 0.2) is 27.5 Å². The average Bonchev–Trinajstić information content (AvgIpc) is 3.02. The highest BCUT2D eigenvalue weighted by molar-refractivity contribution is 9.10. The van der Waals surface area contributed by atoms with Crippen molar-refractivity contribution < 1.29 is 4.74 Å². The molecule has 0 amide bonds. The molecule has 1 saturated carbocycles. The normalized spacial score (nSPS) is 25.3. The summed E-state index contributed by atoms with van der Waals surface area (Å²) in [5.41, 5.74) is 1.97. The zero-order valence-electron chi connectivity index (χ0n) is 16.1. The summed E-state index contributed by atoms with van der Waals surface area (Å²) in [5.74, 6) is 0. The molecule has 1 aromatic heterocycles. The van der Waals surface area contributed by atoms with Gasteiger partial charge in [-0.3, -0.25) is 4.57 Å². The molecule has 4 rings (SSSR count). The zero-order valence-corrected chi connectivity index (χ0v) is 17.7. The number of piperidine rings is 1. The van der Waals surface area contributed by atoms with E-state index in [0.717, 1.165) is 54.5 Å². The van der Waals surface area contributed by atoms with Gasteiger partial charge in [0, 0.05) is 36.3 Å². The lowest BCUT2D eigenvalue weighted by atomic mass is 9.90. The monoisotopic (exact) mass is 435 g/mol. The second-order valence-electron chi connectivity index (χ2n) is 8.03. The minimum absolute atomic E-state index is 0.0233. The molecule has 2 heterocycles. The molecular formula is C21H30BrN3O2. The third kappa shape index (κ3) is 4.17. The van der Waals surface area contributed by atoms with E-state index < -0.39 is 0 Å². The van der Waals surface area contributed by atoms with Gasteiger partial charge in [0.1, 0.15) is 0 Å². The summed E-state index contributed by atoms with van der Waals surface area (Å²) in [6.07, 6.45) is 8.56. The second kappa shape index (κ2) is 8.50. The van der Waals surface area contributed by atoms with Gasteiger partial charge in [-0.1, -0.05) is 22.9 Å². The highest BCUT2D eigenvalue weighted by Crippen LogP contribution is 2.31. The summed E-state index contributed by atoms with van der Waals surface area (Å²) in [5, 5.41) is 0. The van der Waals surface area contributed by atoms with Crippen molar-refractivity contribution in [2.24, 2.45) is 0 Å². The SMILES string of the molecule is CCCO[C@H]1CC[C@H](N2CCC(n3c(=O)[nH]c4ccc(Br)cc43)CC2)CC1. The molecule has 0 unspecified atom stereocenters. The molecule has 1 aliphatic heterocycles. The number of nitrogens with zero attached hydrogens (tertiary/aromatic N) is 2. The first-order valence-corrected chi connectivity index (χ1v) is 11.2. The minimum Gasteiger partial charge on any atom is -0.378 e. The van der Waals surface area contributed by atoms with E-state index in [1.807, 2.05) is 16.7 Å². The number of ether oxygens (including phenoxy) is 1. The van der Waals surface area contributed by atoms with Gasteiger partial charge in [0.25, 0.3) is 0 Å². The topological polar surface area (TPSA) is 50.3 Å². The van der Waals surface area contributed by atoms with Crippen LogP contribution in [-0.2, 0) is 4.74 Å². The summed E-state index contributed by atoms with van der Waals surface area (Å²) in [4.78, 5) is 18.2. The lowest BCUT2D eigenvalue weighted by Gasteiger charge is -2.41. The van der Waals surface area contributed by atoms with Crippen LogP contribution in [0, 0.1) is 0 Å². The quantitative estimate of drug-likeness (QED) is 0.753. The van der Waals surface area contributed by atoms with Crippen LogP contribution in [0.5, 0.6) is 0 Å². The van der Waals surface area contributed by atoms with Crippen LogP contribution in [-0.4, -0.2) is 46.3 Å². The maximum Gasteiger partial charge on any atom is 0.326 e. The van der Waals surface area contributed by atoms with Gasteiger partial charge in [0.2, 0.25) is 0 Å². The molecule has 1 N–H and O–H groups in total. The number of aromatic nitrogens is 2. The van der Waals surface area contributed by atoms with Crippen molar-refractivity contribution in [3.63, 3.8) is 0 Å². The van der Waals surface area contributed by atoms with E-state index in [1.165, 1.54) is 25.7 Å². The Labute approximate surface area is 169 Å². The third-order valence-electron chi connectivity index (χ3n) is 6.26. The maximum atomic E-state index is 12.5. The van der Waals surface area contributed by atoms with Gasteiger partial charge < -0.3 is 14.6 Å². The van der Waals surface area contributed by atoms with Crippen LogP contribution >= 0.6 is 15.9 Å². The molecule has 2 aromatic rings. The Kier molecular flexibility index (Phi) is 6.05. The van der Waals surface area contributed by atoms with Crippen molar-refractivity contribution in [1.82, 2.24) is 14.5 Å². The number of fused-ring (bicyclic) bond motifs is 1. The molecule has 0 radical (unpaired) electrons. The Morgan fingerprint density at radius 1 is 1.11 bits per heavy atom. The van der Waals surface area contributed by atoms with Crippen LogP contribution in [0.3, 0.4) is 0 Å². The van der Waals surface area contributed by atoms with Gasteiger partial charge in [0.15, 0.2) is 0 Å². The lowest BCUT2D eigenvalue weighted by molar-refractivity contribution is 0.00254. The highest BCUT2D eigenvalue weighted by Gasteiger charge is 2.30. The van der Waals surface area contributed by atoms with E-state index in [1.54, 1.807) is 0 Å². The van der Waals surface area contributed by atoms with Gasteiger partial charge in [-0.25, -0.2) is 4.79 Å². The van der Waals surface area contributed by atoms with Gasteiger partial charge in [-0.15, -0.1) is 0 Å². The molecule has 5 nitrogen and oxygen atoms in total. The predicted octanol–water partition coefficient (Wildman–Crippen LogP) is 4.47. The Morgan fingerprint density at radius 3 is 2.56 bits per heavy atom. The van der Waals surface area contributed by atoms with Crippen LogP contribution in [0.1, 0.15) is 57.9 Å². The molecule has 1 aromatic carbocycles. The van der Waals surface area contributed by atoms with Gasteiger partial charge in [-0.05, 0) is 63.1 Å². The van der Waals surface area contributed by atoms with Crippen LogP contribution < -0.4 is 5.69 Å². The van der Waals surface area contributed by atoms with Crippen molar-refractivity contribution in [2.75, 3.05) is 19.7 Å². The fourth-order valence-corrected chi connectivity index (χ4v) is 5.18. The number of H-pyrrole nitrogens is 1. The standard InChI is InChI=1S/C21H30BrN3O2/c1-2-13-27-18-6-4-16(5-7-18)24-11-9-17(10-12-24)25-20-14-15(22)3-8-19(20)23-21(25)26/h3,8,14,16-18H,2,4-7,9-13H2,1H3,(H,23,26)/t16-,18-. The minimum atomic E-state index is 0.0233. The van der Waals surface area contributed by atoms with Crippen molar-refractivity contribution in [3.05, 3.63) is 33.2 Å². The number of halogens is 1. The molecule has 2 aliphatic rings. The fraction of sp³-hybridized carbons (Fsp3) is 0.667. The largest absolute Gasteiger partial charge is 0.378 e. The van der Waals surface area contributed by atoms with E-state index in [0.29, 0.717) is 18.2 Å². The van der Waals surface area contributed by atoms with Crippen LogP contribution in [0.25, 0.3) is 11.0 Å². The number of likely N-dealkylation sites (tertiary alicyclic amines) is 1. The molecule has 2 fully saturated rings. The molecule has 0 spiro atoms. The number of rotatable bonds is 5. The smallest absolute Gasteiger partial charge is 0.326 e. The zero-order chi connectivity index (χ0) is 18.8. The number of hydrogen-bond donors (Lipinski definition) is 1. The Bertz CT molecular complexity index is 814. The summed E-state index contributed by atoms with van der Waals surface area (Å²) >= 11 is 3.53. The summed E-state index contributed by atoms with van der Waals surface area (Å²) in [7, 11) is 0. The Hall–Kier alpha value is -1.11. The van der Waals surface area contributed by atoms with Crippen LogP contribution in [0.4, 0.5) is 0 Å². The van der Waals surface area contributed by atoms with E-state index in [9.17, 15) is 4.79 Å². The molecule has 1 aliphatic carbocycles. The van der Waals surface area contributed by atoms with Crippen molar-refractivity contribution in [1.29, 1.82) is 0 Å². The summed E-state index contributed by atoms with van der Waals surface area (Å²) in [6, 6.07) is 7.00. The first-order valence-electron chi connectivity index (χ1n) is 10.4. The van der Waals surface area contributed by atoms with Crippen molar-refractivity contribution in [3.8, 4) is 0 Å². The van der Waals surface area contributed by atoms with Crippen LogP contribution in [0.2, 0.25) is 0 Å². The summed E-state index contributed by atoms with van der Waals surface area (Å²) in [6.45, 7) is 5.25. The number of imidazole rings is 1. The van der Waals surface area contributed by atoms with E-state index >= 15 is 0 Å². The molecule has 0 atom stereocenters. The number of nitrogens with one attached hydrogen (secondary N) is 1. The highest BCUT2D eigenvalue weighted by atomic mass is 79.9.